The van der Waals surface area contributed by atoms with Crippen molar-refractivity contribution in [3.63, 3.8) is 0 Å². The zero-order valence-corrected chi connectivity index (χ0v) is 17.1. The summed E-state index contributed by atoms with van der Waals surface area (Å²) in [7, 11) is -3.60. The largest absolute Gasteiger partial charge is 0.365 e. The minimum Gasteiger partial charge on any atom is -0.365 e. The molecule has 0 bridgehead atoms. The molecule has 1 aromatic carbocycles. The number of primary amides is 1. The van der Waals surface area contributed by atoms with Crippen LogP contribution >= 0.6 is 11.6 Å². The third kappa shape index (κ3) is 3.65. The Balaban J connectivity index is 2.36. The van der Waals surface area contributed by atoms with Gasteiger partial charge in [-0.1, -0.05) is 11.6 Å². The second-order valence-corrected chi connectivity index (χ2v) is 9.59. The number of aromatic nitrogens is 2. The molecule has 0 aliphatic rings. The van der Waals surface area contributed by atoms with Crippen molar-refractivity contribution >= 4 is 49.6 Å². The van der Waals surface area contributed by atoms with Crippen LogP contribution in [0.5, 0.6) is 0 Å². The first kappa shape index (κ1) is 20.0. The number of pyridine rings is 2. The van der Waals surface area contributed by atoms with Crippen LogP contribution in [0.25, 0.3) is 10.9 Å². The Morgan fingerprint density at radius 1 is 1.18 bits per heavy atom. The highest BCUT2D eigenvalue weighted by molar-refractivity contribution is 7.92. The number of hydrogen-bond donors (Lipinski definition) is 2. The predicted octanol–water partition coefficient (Wildman–Crippen LogP) is 3.62. The second kappa shape index (κ2) is 7.37. The molecule has 28 heavy (non-hydrogen) atoms. The summed E-state index contributed by atoms with van der Waals surface area (Å²) in [6.07, 6.45) is 4.29. The lowest BCUT2D eigenvalue weighted by atomic mass is 10.1. The Hall–Kier alpha value is -2.71. The third-order valence-corrected chi connectivity index (χ3v) is 6.62. The van der Waals surface area contributed by atoms with Gasteiger partial charge in [-0.15, -0.1) is 0 Å². The van der Waals surface area contributed by atoms with Crippen LogP contribution in [0.1, 0.15) is 29.8 Å². The van der Waals surface area contributed by atoms with Gasteiger partial charge in [-0.25, -0.2) is 8.42 Å². The zero-order chi connectivity index (χ0) is 20.6. The molecule has 3 rings (SSSR count). The fourth-order valence-electron chi connectivity index (χ4n) is 2.82. The number of anilines is 2. The van der Waals surface area contributed by atoms with Crippen molar-refractivity contribution in [2.75, 3.05) is 5.32 Å². The fourth-order valence-corrected chi connectivity index (χ4v) is 4.29. The summed E-state index contributed by atoms with van der Waals surface area (Å²) in [5, 5.41) is 3.34. The fraction of sp³-hybridized carbons (Fsp3) is 0.211. The molecule has 0 atom stereocenters. The van der Waals surface area contributed by atoms with Crippen molar-refractivity contribution in [3.8, 4) is 0 Å². The van der Waals surface area contributed by atoms with Gasteiger partial charge < -0.3 is 11.1 Å². The molecule has 2 aromatic heterocycles. The summed E-state index contributed by atoms with van der Waals surface area (Å²) < 4.78 is 25.7. The van der Waals surface area contributed by atoms with E-state index >= 15 is 0 Å². The van der Waals surface area contributed by atoms with Crippen molar-refractivity contribution in [2.24, 2.45) is 5.73 Å². The van der Waals surface area contributed by atoms with Crippen LogP contribution in [0.3, 0.4) is 0 Å². The first-order valence-corrected chi connectivity index (χ1v) is 10.4. The topological polar surface area (TPSA) is 115 Å². The first-order chi connectivity index (χ1) is 13.1. The zero-order valence-electron chi connectivity index (χ0n) is 15.5. The van der Waals surface area contributed by atoms with Crippen molar-refractivity contribution in [2.45, 2.75) is 30.9 Å². The molecule has 0 aliphatic heterocycles. The minimum absolute atomic E-state index is 0.112. The second-order valence-electron chi connectivity index (χ2n) is 6.68. The normalized spacial score (nSPS) is 11.8. The third-order valence-electron chi connectivity index (χ3n) is 4.25. The number of benzene rings is 1. The average Bonchev–Trinajstić information content (AvgIpc) is 2.61. The van der Waals surface area contributed by atoms with E-state index in [0.717, 1.165) is 0 Å². The van der Waals surface area contributed by atoms with Gasteiger partial charge in [-0.05, 0) is 44.5 Å². The SMILES string of the molecule is Cc1cc(S(=O)(=O)C(C)C)c2ncc(C(N)=O)c(Nc3cncc(Cl)c3)c2c1. The molecule has 0 saturated carbocycles. The highest BCUT2D eigenvalue weighted by Gasteiger charge is 2.25. The Labute approximate surface area is 167 Å². The molecule has 0 fully saturated rings. The highest BCUT2D eigenvalue weighted by Crippen LogP contribution is 2.34. The van der Waals surface area contributed by atoms with E-state index in [9.17, 15) is 13.2 Å². The van der Waals surface area contributed by atoms with Gasteiger partial charge in [-0.3, -0.25) is 14.8 Å². The van der Waals surface area contributed by atoms with Crippen molar-refractivity contribution in [3.05, 3.63) is 52.9 Å². The maximum Gasteiger partial charge on any atom is 0.252 e. The van der Waals surface area contributed by atoms with Gasteiger partial charge in [0.1, 0.15) is 0 Å². The van der Waals surface area contributed by atoms with Gasteiger partial charge in [0, 0.05) is 17.8 Å². The van der Waals surface area contributed by atoms with E-state index in [1.807, 2.05) is 0 Å². The molecule has 146 valence electrons. The number of halogens is 1. The van der Waals surface area contributed by atoms with E-state index in [0.29, 0.717) is 27.3 Å². The lowest BCUT2D eigenvalue weighted by Crippen LogP contribution is -2.17. The molecule has 0 saturated heterocycles. The van der Waals surface area contributed by atoms with Gasteiger partial charge in [0.2, 0.25) is 0 Å². The van der Waals surface area contributed by atoms with E-state index in [2.05, 4.69) is 15.3 Å². The summed E-state index contributed by atoms with van der Waals surface area (Å²) in [5.41, 5.74) is 7.50. The minimum atomic E-state index is -3.60. The van der Waals surface area contributed by atoms with Crippen molar-refractivity contribution < 1.29 is 13.2 Å². The molecule has 3 aromatic rings. The lowest BCUT2D eigenvalue weighted by molar-refractivity contribution is 0.100. The molecule has 7 nitrogen and oxygen atoms in total. The summed E-state index contributed by atoms with van der Waals surface area (Å²) in [5.74, 6) is -0.693. The van der Waals surface area contributed by atoms with Crippen molar-refractivity contribution in [1.29, 1.82) is 0 Å². The molecule has 2 heterocycles. The molecule has 3 N–H and O–H groups in total. The van der Waals surface area contributed by atoms with Gasteiger partial charge in [0.15, 0.2) is 9.84 Å². The quantitative estimate of drug-likeness (QED) is 0.653. The van der Waals surface area contributed by atoms with Gasteiger partial charge in [0.25, 0.3) is 5.91 Å². The van der Waals surface area contributed by atoms with Crippen LogP contribution in [-0.4, -0.2) is 29.5 Å². The Morgan fingerprint density at radius 3 is 2.50 bits per heavy atom. The number of carbonyl (C=O) groups excluding carboxylic acids is 1. The first-order valence-electron chi connectivity index (χ1n) is 8.46. The lowest BCUT2D eigenvalue weighted by Gasteiger charge is -2.17. The van der Waals surface area contributed by atoms with Crippen LogP contribution < -0.4 is 11.1 Å². The Bertz CT molecular complexity index is 1190. The highest BCUT2D eigenvalue weighted by atomic mass is 35.5. The number of nitrogens with two attached hydrogens (primary N) is 1. The molecular formula is C19H19ClN4O3S. The van der Waals surface area contributed by atoms with Crippen molar-refractivity contribution in [1.82, 2.24) is 9.97 Å². The standard InChI is InChI=1S/C19H19ClN4O3S/c1-10(2)28(26,27)16-5-11(3)4-14-17(15(19(21)25)9-23-18(14)16)24-13-6-12(20)7-22-8-13/h4-10H,1-3H3,(H2,21,25)(H,23,24). The summed E-state index contributed by atoms with van der Waals surface area (Å²) in [6.45, 7) is 5.00. The molecule has 1 amide bonds. The Kier molecular flexibility index (Phi) is 5.27. The Morgan fingerprint density at radius 2 is 1.89 bits per heavy atom. The van der Waals surface area contributed by atoms with E-state index < -0.39 is 21.0 Å². The van der Waals surface area contributed by atoms with Crippen LogP contribution in [0.15, 0.2) is 41.7 Å². The number of hydrogen-bond acceptors (Lipinski definition) is 6. The maximum absolute atomic E-state index is 12.9. The number of sulfone groups is 1. The van der Waals surface area contributed by atoms with Gasteiger partial charge >= 0.3 is 0 Å². The maximum atomic E-state index is 12.9. The number of carbonyl (C=O) groups is 1. The molecule has 0 aliphatic carbocycles. The monoisotopic (exact) mass is 418 g/mol. The van der Waals surface area contributed by atoms with Gasteiger partial charge in [0.05, 0.1) is 43.8 Å². The smallest absolute Gasteiger partial charge is 0.252 e. The van der Waals surface area contributed by atoms with Crippen LogP contribution in [0, 0.1) is 6.92 Å². The van der Waals surface area contributed by atoms with Gasteiger partial charge in [-0.2, -0.15) is 0 Å². The number of nitrogens with one attached hydrogen (secondary N) is 1. The van der Waals surface area contributed by atoms with Crippen LogP contribution in [0.4, 0.5) is 11.4 Å². The summed E-state index contributed by atoms with van der Waals surface area (Å²) in [4.78, 5) is 20.4. The van der Waals surface area contributed by atoms with Crippen LogP contribution in [-0.2, 0) is 9.84 Å². The summed E-state index contributed by atoms with van der Waals surface area (Å²) >= 11 is 5.99. The summed E-state index contributed by atoms with van der Waals surface area (Å²) in [6, 6.07) is 4.97. The van der Waals surface area contributed by atoms with E-state index in [-0.39, 0.29) is 16.0 Å². The number of nitrogens with zero attached hydrogens (tertiary/aromatic N) is 2. The number of rotatable bonds is 5. The molecule has 0 radical (unpaired) electrons. The molecule has 9 heteroatoms. The molecule has 0 spiro atoms. The van der Waals surface area contributed by atoms with E-state index in [1.165, 1.54) is 18.6 Å². The molecular weight excluding hydrogens is 400 g/mol. The average molecular weight is 419 g/mol. The number of amides is 1. The number of fused-ring (bicyclic) bond motifs is 1. The molecule has 0 unspecified atom stereocenters. The number of aryl methyl sites for hydroxylation is 1. The van der Waals surface area contributed by atoms with E-state index in [4.69, 9.17) is 17.3 Å². The predicted molar refractivity (Wildman–Crippen MR) is 110 cm³/mol. The van der Waals surface area contributed by atoms with E-state index in [1.54, 1.807) is 39.0 Å². The van der Waals surface area contributed by atoms with Crippen LogP contribution in [0.2, 0.25) is 5.02 Å².